The lowest BCUT2D eigenvalue weighted by Crippen LogP contribution is -2.44. The second kappa shape index (κ2) is 10.1. The molecule has 2 aromatic carbocycles. The molecule has 0 aliphatic carbocycles. The van der Waals surface area contributed by atoms with Crippen LogP contribution in [0.3, 0.4) is 0 Å². The number of carbonyl (C=O) groups is 1. The number of hydrogen-bond donors (Lipinski definition) is 1. The van der Waals surface area contributed by atoms with Gasteiger partial charge >= 0.3 is 0 Å². The van der Waals surface area contributed by atoms with E-state index in [4.69, 9.17) is 4.74 Å². The second-order valence-electron chi connectivity index (χ2n) is 8.15. The molecule has 0 unspecified atom stereocenters. The van der Waals surface area contributed by atoms with Crippen molar-refractivity contribution in [2.75, 3.05) is 32.8 Å². The van der Waals surface area contributed by atoms with Crippen molar-refractivity contribution < 1.29 is 22.3 Å². The van der Waals surface area contributed by atoms with Gasteiger partial charge in [0.15, 0.2) is 0 Å². The molecular formula is C24H31FN2O4S. The fourth-order valence-electron chi connectivity index (χ4n) is 4.21. The summed E-state index contributed by atoms with van der Waals surface area (Å²) in [6.07, 6.45) is 1.32. The minimum atomic E-state index is -3.67. The third-order valence-corrected chi connectivity index (χ3v) is 8.32. The molecule has 8 heteroatoms. The fourth-order valence-corrected chi connectivity index (χ4v) is 5.70. The van der Waals surface area contributed by atoms with Crippen LogP contribution in [0.4, 0.5) is 4.39 Å². The van der Waals surface area contributed by atoms with Gasteiger partial charge < -0.3 is 10.1 Å². The number of rotatable bonds is 8. The van der Waals surface area contributed by atoms with E-state index in [1.807, 2.05) is 6.07 Å². The monoisotopic (exact) mass is 462 g/mol. The normalized spacial score (nSPS) is 16.2. The molecule has 1 amide bonds. The first-order chi connectivity index (χ1) is 15.2. The zero-order valence-corrected chi connectivity index (χ0v) is 19.7. The predicted molar refractivity (Wildman–Crippen MR) is 122 cm³/mol. The number of aryl methyl sites for hydroxylation is 1. The van der Waals surface area contributed by atoms with Crippen LogP contribution in [-0.4, -0.2) is 51.5 Å². The quantitative estimate of drug-likeness (QED) is 0.650. The Labute approximate surface area is 189 Å². The van der Waals surface area contributed by atoms with E-state index < -0.39 is 15.4 Å². The molecule has 1 saturated heterocycles. The fraction of sp³-hybridized carbons (Fsp3) is 0.458. The largest absolute Gasteiger partial charge is 0.381 e. The number of sulfonamides is 1. The van der Waals surface area contributed by atoms with E-state index in [9.17, 15) is 17.6 Å². The Hall–Kier alpha value is -2.29. The molecule has 0 radical (unpaired) electrons. The number of nitrogens with one attached hydrogen (secondary N) is 1. The van der Waals surface area contributed by atoms with Gasteiger partial charge in [-0.3, -0.25) is 4.79 Å². The number of amides is 1. The van der Waals surface area contributed by atoms with Crippen LogP contribution in [0.5, 0.6) is 0 Å². The average Bonchev–Trinajstić information content (AvgIpc) is 2.79. The van der Waals surface area contributed by atoms with E-state index in [2.05, 4.69) is 5.32 Å². The maximum absolute atomic E-state index is 13.9. The molecule has 3 rings (SSSR count). The van der Waals surface area contributed by atoms with E-state index in [0.717, 1.165) is 5.56 Å². The van der Waals surface area contributed by atoms with Gasteiger partial charge in [-0.1, -0.05) is 32.0 Å². The second-order valence-corrected chi connectivity index (χ2v) is 10.1. The van der Waals surface area contributed by atoms with Gasteiger partial charge in [-0.25, -0.2) is 12.8 Å². The summed E-state index contributed by atoms with van der Waals surface area (Å²) >= 11 is 0. The predicted octanol–water partition coefficient (Wildman–Crippen LogP) is 3.64. The van der Waals surface area contributed by atoms with Crippen LogP contribution in [-0.2, 0) is 20.2 Å². The van der Waals surface area contributed by atoms with Crippen molar-refractivity contribution >= 4 is 15.9 Å². The number of benzene rings is 2. The van der Waals surface area contributed by atoms with Crippen molar-refractivity contribution in [3.63, 3.8) is 0 Å². The molecule has 0 spiro atoms. The van der Waals surface area contributed by atoms with Crippen LogP contribution in [0.1, 0.15) is 48.2 Å². The third-order valence-electron chi connectivity index (χ3n) is 6.27. The van der Waals surface area contributed by atoms with Gasteiger partial charge in [-0.2, -0.15) is 4.31 Å². The van der Waals surface area contributed by atoms with E-state index in [-0.39, 0.29) is 16.6 Å². The number of hydrogen-bond acceptors (Lipinski definition) is 4. The molecular weight excluding hydrogens is 431 g/mol. The summed E-state index contributed by atoms with van der Waals surface area (Å²) in [5.74, 6) is -0.661. The van der Waals surface area contributed by atoms with Crippen LogP contribution in [0.15, 0.2) is 47.4 Å². The van der Waals surface area contributed by atoms with E-state index in [1.54, 1.807) is 32.9 Å². The highest BCUT2D eigenvalue weighted by molar-refractivity contribution is 7.89. The summed E-state index contributed by atoms with van der Waals surface area (Å²) in [7, 11) is -3.67. The molecule has 174 valence electrons. The smallest absolute Gasteiger partial charge is 0.251 e. The zero-order chi connectivity index (χ0) is 23.4. The Morgan fingerprint density at radius 2 is 1.81 bits per heavy atom. The van der Waals surface area contributed by atoms with Crippen molar-refractivity contribution in [2.45, 2.75) is 43.9 Å². The van der Waals surface area contributed by atoms with Crippen LogP contribution in [0.25, 0.3) is 0 Å². The molecule has 1 N–H and O–H groups in total. The number of ether oxygens (including phenoxy) is 1. The molecule has 0 bridgehead atoms. The number of carbonyl (C=O) groups excluding carboxylic acids is 1. The lowest BCUT2D eigenvalue weighted by molar-refractivity contribution is 0.0486. The summed E-state index contributed by atoms with van der Waals surface area (Å²) in [6.45, 7) is 7.42. The molecule has 0 saturated carbocycles. The minimum absolute atomic E-state index is 0.0999. The first-order valence-corrected chi connectivity index (χ1v) is 12.4. The summed E-state index contributed by atoms with van der Waals surface area (Å²) < 4.78 is 46.6. The molecule has 1 aliphatic heterocycles. The van der Waals surface area contributed by atoms with Gasteiger partial charge in [0.2, 0.25) is 10.0 Å². The van der Waals surface area contributed by atoms with Crippen molar-refractivity contribution in [1.29, 1.82) is 0 Å². The van der Waals surface area contributed by atoms with Crippen LogP contribution in [0, 0.1) is 12.7 Å². The molecule has 1 aliphatic rings. The Morgan fingerprint density at radius 3 is 2.44 bits per heavy atom. The summed E-state index contributed by atoms with van der Waals surface area (Å²) in [5, 5.41) is 2.98. The van der Waals surface area contributed by atoms with E-state index in [1.165, 1.54) is 28.6 Å². The lowest BCUT2D eigenvalue weighted by Gasteiger charge is -2.38. The maximum atomic E-state index is 13.9. The Morgan fingerprint density at radius 1 is 1.12 bits per heavy atom. The molecule has 1 heterocycles. The number of nitrogens with zero attached hydrogens (tertiary/aromatic N) is 1. The van der Waals surface area contributed by atoms with Crippen LogP contribution < -0.4 is 5.32 Å². The molecule has 0 atom stereocenters. The van der Waals surface area contributed by atoms with Crippen molar-refractivity contribution in [3.8, 4) is 0 Å². The highest BCUT2D eigenvalue weighted by atomic mass is 32.2. The van der Waals surface area contributed by atoms with Gasteiger partial charge in [0, 0.05) is 43.8 Å². The van der Waals surface area contributed by atoms with Crippen LogP contribution >= 0.6 is 0 Å². The highest BCUT2D eigenvalue weighted by Gasteiger charge is 2.35. The standard InChI is InChI=1S/C24H31FN2O4S/c1-4-27(5-2)32(29,30)21-10-9-18(3)22(16-21)23(28)26-17-24(11-13-31-14-12-24)19-7-6-8-20(25)15-19/h6-10,15-16H,4-5,11-14,17H2,1-3H3,(H,26,28). The minimum Gasteiger partial charge on any atom is -0.381 e. The van der Waals surface area contributed by atoms with Gasteiger partial charge in [0.25, 0.3) is 5.91 Å². The molecule has 2 aromatic rings. The molecule has 0 aromatic heterocycles. The first kappa shape index (κ1) is 24.4. The van der Waals surface area contributed by atoms with Crippen molar-refractivity contribution in [1.82, 2.24) is 9.62 Å². The third kappa shape index (κ3) is 5.03. The molecule has 32 heavy (non-hydrogen) atoms. The summed E-state index contributed by atoms with van der Waals surface area (Å²) in [4.78, 5) is 13.2. The Kier molecular flexibility index (Phi) is 7.69. The van der Waals surface area contributed by atoms with Crippen molar-refractivity contribution in [3.05, 3.63) is 65.0 Å². The summed E-state index contributed by atoms with van der Waals surface area (Å²) in [6, 6.07) is 11.1. The Bertz CT molecular complexity index is 1060. The van der Waals surface area contributed by atoms with E-state index in [0.29, 0.717) is 56.8 Å². The first-order valence-electron chi connectivity index (χ1n) is 11.0. The Balaban J connectivity index is 1.86. The molecule has 1 fully saturated rings. The molecule has 6 nitrogen and oxygen atoms in total. The van der Waals surface area contributed by atoms with Gasteiger partial charge in [-0.15, -0.1) is 0 Å². The lowest BCUT2D eigenvalue weighted by atomic mass is 9.74. The van der Waals surface area contributed by atoms with Crippen LogP contribution in [0.2, 0.25) is 0 Å². The van der Waals surface area contributed by atoms with Crippen molar-refractivity contribution in [2.24, 2.45) is 0 Å². The van der Waals surface area contributed by atoms with E-state index >= 15 is 0 Å². The topological polar surface area (TPSA) is 75.7 Å². The average molecular weight is 463 g/mol. The SMILES string of the molecule is CCN(CC)S(=O)(=O)c1ccc(C)c(C(=O)NCC2(c3cccc(F)c3)CCOCC2)c1. The van der Waals surface area contributed by atoms with Gasteiger partial charge in [0.05, 0.1) is 4.90 Å². The van der Waals surface area contributed by atoms with Gasteiger partial charge in [0.1, 0.15) is 5.82 Å². The summed E-state index contributed by atoms with van der Waals surface area (Å²) in [5.41, 5.74) is 1.40. The van der Waals surface area contributed by atoms with Gasteiger partial charge in [-0.05, 0) is 55.2 Å². The zero-order valence-electron chi connectivity index (χ0n) is 18.9. The maximum Gasteiger partial charge on any atom is 0.251 e. The number of halogens is 1. The highest BCUT2D eigenvalue weighted by Crippen LogP contribution is 2.34.